The molecule has 2 heterocycles. The lowest BCUT2D eigenvalue weighted by molar-refractivity contribution is 0.112. The van der Waals surface area contributed by atoms with Crippen molar-refractivity contribution >= 4 is 20.9 Å². The zero-order valence-corrected chi connectivity index (χ0v) is 15.9. The first-order valence-electron chi connectivity index (χ1n) is 9.28. The monoisotopic (exact) mass is 374 g/mol. The van der Waals surface area contributed by atoms with Gasteiger partial charge in [-0.15, -0.1) is 0 Å². The zero-order chi connectivity index (χ0) is 18.3. The van der Waals surface area contributed by atoms with Crippen molar-refractivity contribution in [1.29, 1.82) is 0 Å². The van der Waals surface area contributed by atoms with Gasteiger partial charge in [-0.1, -0.05) is 19.9 Å². The van der Waals surface area contributed by atoms with Crippen LogP contribution in [-0.4, -0.2) is 29.5 Å². The third-order valence-electron chi connectivity index (χ3n) is 7.66. The minimum atomic E-state index is -3.33. The van der Waals surface area contributed by atoms with Gasteiger partial charge in [0.05, 0.1) is 11.3 Å². The van der Waals surface area contributed by atoms with Crippen molar-refractivity contribution in [2.75, 3.05) is 5.75 Å². The maximum absolute atomic E-state index is 14.1. The summed E-state index contributed by atoms with van der Waals surface area (Å²) >= 11 is 0. The van der Waals surface area contributed by atoms with E-state index in [9.17, 15) is 12.8 Å². The maximum Gasteiger partial charge on any atom is 0.215 e. The molecule has 1 aromatic heterocycles. The average Bonchev–Trinajstić information content (AvgIpc) is 3.06. The number of hydrogen-bond acceptors (Lipinski definition) is 3. The molecule has 3 fully saturated rings. The van der Waals surface area contributed by atoms with Gasteiger partial charge in [-0.3, -0.25) is 4.98 Å². The van der Waals surface area contributed by atoms with Gasteiger partial charge in [0.15, 0.2) is 0 Å². The van der Waals surface area contributed by atoms with Crippen molar-refractivity contribution < 1.29 is 12.8 Å². The fourth-order valence-corrected chi connectivity index (χ4v) is 8.61. The van der Waals surface area contributed by atoms with Gasteiger partial charge >= 0.3 is 0 Å². The molecule has 1 aliphatic heterocycles. The van der Waals surface area contributed by atoms with Crippen LogP contribution in [0, 0.1) is 22.6 Å². The van der Waals surface area contributed by atoms with E-state index >= 15 is 0 Å². The molecule has 1 saturated heterocycles. The molecule has 6 heteroatoms. The highest BCUT2D eigenvalue weighted by Gasteiger charge is 2.71. The van der Waals surface area contributed by atoms with Gasteiger partial charge in [0, 0.05) is 29.6 Å². The number of aromatic nitrogens is 1. The summed E-state index contributed by atoms with van der Waals surface area (Å²) in [6, 6.07) is 6.56. The molecule has 2 bridgehead atoms. The van der Waals surface area contributed by atoms with E-state index in [1.807, 2.05) is 0 Å². The number of benzene rings is 1. The second-order valence-electron chi connectivity index (χ2n) is 8.77. The SMILES string of the molecule is CC1(C)[C@@H]2CCC13CS(=O)(=O)N(Cc1ccc(F)c4cccnc14)[C@H]3C2. The molecule has 4 nitrogen and oxygen atoms in total. The first kappa shape index (κ1) is 16.6. The lowest BCUT2D eigenvalue weighted by atomic mass is 9.69. The lowest BCUT2D eigenvalue weighted by Gasteiger charge is -2.37. The second-order valence-corrected chi connectivity index (χ2v) is 10.7. The van der Waals surface area contributed by atoms with Crippen molar-refractivity contribution in [3.63, 3.8) is 0 Å². The molecule has 1 spiro atoms. The van der Waals surface area contributed by atoms with Crippen LogP contribution in [0.3, 0.4) is 0 Å². The number of rotatable bonds is 2. The highest BCUT2D eigenvalue weighted by atomic mass is 32.2. The smallest absolute Gasteiger partial charge is 0.215 e. The molecular formula is C20H23FN2O2S. The predicted molar refractivity (Wildman–Crippen MR) is 98.4 cm³/mol. The molecular weight excluding hydrogens is 351 g/mol. The molecule has 0 amide bonds. The van der Waals surface area contributed by atoms with Crippen LogP contribution in [-0.2, 0) is 16.6 Å². The minimum Gasteiger partial charge on any atom is -0.256 e. The van der Waals surface area contributed by atoms with Crippen LogP contribution >= 0.6 is 0 Å². The van der Waals surface area contributed by atoms with Crippen molar-refractivity contribution in [2.24, 2.45) is 16.7 Å². The Labute approximate surface area is 153 Å². The molecule has 3 aliphatic rings. The van der Waals surface area contributed by atoms with Gasteiger partial charge in [-0.25, -0.2) is 12.8 Å². The van der Waals surface area contributed by atoms with Crippen molar-refractivity contribution in [2.45, 2.75) is 45.7 Å². The zero-order valence-electron chi connectivity index (χ0n) is 15.1. The number of halogens is 1. The normalized spacial score (nSPS) is 34.4. The summed E-state index contributed by atoms with van der Waals surface area (Å²) in [6.07, 6.45) is 4.70. The number of hydrogen-bond donors (Lipinski definition) is 0. The molecule has 1 aromatic carbocycles. The maximum atomic E-state index is 14.1. The average molecular weight is 374 g/mol. The Morgan fingerprint density at radius 3 is 2.88 bits per heavy atom. The van der Waals surface area contributed by atoms with Crippen LogP contribution in [0.2, 0.25) is 0 Å². The van der Waals surface area contributed by atoms with E-state index in [2.05, 4.69) is 18.8 Å². The minimum absolute atomic E-state index is 0.0581. The fourth-order valence-electron chi connectivity index (χ4n) is 6.08. The topological polar surface area (TPSA) is 50.3 Å². The Morgan fingerprint density at radius 2 is 2.12 bits per heavy atom. The van der Waals surface area contributed by atoms with E-state index in [-0.39, 0.29) is 35.0 Å². The molecule has 1 unspecified atom stereocenters. The van der Waals surface area contributed by atoms with Crippen LogP contribution in [0.1, 0.15) is 38.7 Å². The Hall–Kier alpha value is -1.53. The van der Waals surface area contributed by atoms with E-state index in [1.165, 1.54) is 6.07 Å². The Kier molecular flexibility index (Phi) is 3.23. The molecule has 2 aliphatic carbocycles. The summed E-state index contributed by atoms with van der Waals surface area (Å²) in [5.74, 6) is 0.521. The van der Waals surface area contributed by atoms with Gasteiger partial charge in [0.1, 0.15) is 5.82 Å². The Bertz CT molecular complexity index is 1020. The second kappa shape index (κ2) is 5.04. The Balaban J connectivity index is 1.59. The van der Waals surface area contributed by atoms with E-state index in [1.54, 1.807) is 28.7 Å². The summed E-state index contributed by atoms with van der Waals surface area (Å²) in [4.78, 5) is 4.33. The van der Waals surface area contributed by atoms with Gasteiger partial charge in [0.25, 0.3) is 0 Å². The third kappa shape index (κ3) is 1.92. The van der Waals surface area contributed by atoms with E-state index in [0.717, 1.165) is 24.8 Å². The van der Waals surface area contributed by atoms with Crippen LogP contribution in [0.25, 0.3) is 10.9 Å². The van der Waals surface area contributed by atoms with Gasteiger partial charge in [-0.2, -0.15) is 4.31 Å². The summed E-state index contributed by atoms with van der Waals surface area (Å²) in [6.45, 7) is 4.78. The summed E-state index contributed by atoms with van der Waals surface area (Å²) in [5.41, 5.74) is 1.26. The largest absolute Gasteiger partial charge is 0.256 e. The van der Waals surface area contributed by atoms with Gasteiger partial charge in [0.2, 0.25) is 10.0 Å². The summed E-state index contributed by atoms with van der Waals surface area (Å²) in [7, 11) is -3.33. The van der Waals surface area contributed by atoms with Crippen LogP contribution in [0.5, 0.6) is 0 Å². The van der Waals surface area contributed by atoms with Crippen LogP contribution < -0.4 is 0 Å². The number of sulfonamides is 1. The Morgan fingerprint density at radius 1 is 1.31 bits per heavy atom. The first-order valence-corrected chi connectivity index (χ1v) is 10.9. The van der Waals surface area contributed by atoms with E-state index in [0.29, 0.717) is 16.8 Å². The van der Waals surface area contributed by atoms with Crippen molar-refractivity contribution in [1.82, 2.24) is 9.29 Å². The van der Waals surface area contributed by atoms with E-state index in [4.69, 9.17) is 0 Å². The van der Waals surface area contributed by atoms with Crippen molar-refractivity contribution in [3.05, 3.63) is 41.8 Å². The predicted octanol–water partition coefficient (Wildman–Crippen LogP) is 3.71. The molecule has 26 heavy (non-hydrogen) atoms. The molecule has 2 saturated carbocycles. The molecule has 3 atom stereocenters. The number of fused-ring (bicyclic) bond motifs is 2. The molecule has 0 N–H and O–H groups in total. The van der Waals surface area contributed by atoms with E-state index < -0.39 is 10.0 Å². The van der Waals surface area contributed by atoms with Gasteiger partial charge in [-0.05, 0) is 54.4 Å². The first-order chi connectivity index (χ1) is 12.3. The molecule has 5 rings (SSSR count). The highest BCUT2D eigenvalue weighted by molar-refractivity contribution is 7.89. The summed E-state index contributed by atoms with van der Waals surface area (Å²) < 4.78 is 42.0. The number of pyridine rings is 1. The van der Waals surface area contributed by atoms with Crippen LogP contribution in [0.15, 0.2) is 30.5 Å². The van der Waals surface area contributed by atoms with Gasteiger partial charge < -0.3 is 0 Å². The third-order valence-corrected chi connectivity index (χ3v) is 9.64. The highest BCUT2D eigenvalue weighted by Crippen LogP contribution is 2.70. The molecule has 2 aromatic rings. The standard InChI is InChI=1S/C20H23FN2O2S/c1-19(2)14-7-8-20(19)12-26(24,25)23(17(20)10-14)11-13-5-6-16(21)15-4-3-9-22-18(13)15/h3-6,9,14,17H,7-8,10-12H2,1-2H3/t14-,17+,20?/m1/s1. The molecule has 138 valence electrons. The fraction of sp³-hybridized carbons (Fsp3) is 0.550. The number of nitrogens with zero attached hydrogens (tertiary/aromatic N) is 2. The quantitative estimate of drug-likeness (QED) is 0.805. The van der Waals surface area contributed by atoms with Crippen LogP contribution in [0.4, 0.5) is 4.39 Å². The summed E-state index contributed by atoms with van der Waals surface area (Å²) in [5, 5.41) is 0.449. The molecule has 0 radical (unpaired) electrons. The lowest BCUT2D eigenvalue weighted by Crippen LogP contribution is -2.41. The van der Waals surface area contributed by atoms with Crippen molar-refractivity contribution in [3.8, 4) is 0 Å².